The quantitative estimate of drug-likeness (QED) is 0.387. The molecular formula is C23H18Cl2N2O3. The number of amides is 1. The number of nitrogens with zero attached hydrogens (tertiary/aromatic N) is 1. The third-order valence-electron chi connectivity index (χ3n) is 4.75. The van der Waals surface area contributed by atoms with Gasteiger partial charge in [-0.05, 0) is 67.4 Å². The van der Waals surface area contributed by atoms with Gasteiger partial charge in [0.05, 0.1) is 10.7 Å². The van der Waals surface area contributed by atoms with Crippen molar-refractivity contribution in [1.82, 2.24) is 4.98 Å². The monoisotopic (exact) mass is 440 g/mol. The van der Waals surface area contributed by atoms with Gasteiger partial charge in [-0.1, -0.05) is 35.3 Å². The van der Waals surface area contributed by atoms with E-state index in [-0.39, 0.29) is 12.5 Å². The molecule has 0 aliphatic carbocycles. The number of halogens is 2. The molecule has 0 fully saturated rings. The van der Waals surface area contributed by atoms with Gasteiger partial charge >= 0.3 is 0 Å². The first-order valence-corrected chi connectivity index (χ1v) is 10.0. The number of hydrogen-bond acceptors (Lipinski definition) is 4. The first-order valence-electron chi connectivity index (χ1n) is 9.25. The summed E-state index contributed by atoms with van der Waals surface area (Å²) in [6.07, 6.45) is 0. The summed E-state index contributed by atoms with van der Waals surface area (Å²) in [5, 5.41) is 3.76. The van der Waals surface area contributed by atoms with Crippen LogP contribution in [0.15, 0.2) is 59.0 Å². The Hall–Kier alpha value is -3.02. The van der Waals surface area contributed by atoms with E-state index in [1.807, 2.05) is 32.0 Å². The fourth-order valence-corrected chi connectivity index (χ4v) is 3.32. The number of hydrogen-bond donors (Lipinski definition) is 1. The number of ether oxygens (including phenoxy) is 1. The van der Waals surface area contributed by atoms with Crippen LogP contribution in [-0.4, -0.2) is 17.5 Å². The van der Waals surface area contributed by atoms with E-state index in [1.54, 1.807) is 36.4 Å². The number of rotatable bonds is 5. The molecule has 0 aliphatic rings. The van der Waals surface area contributed by atoms with Crippen molar-refractivity contribution in [2.24, 2.45) is 0 Å². The van der Waals surface area contributed by atoms with E-state index in [9.17, 15) is 4.79 Å². The second kappa shape index (κ2) is 8.38. The molecule has 30 heavy (non-hydrogen) atoms. The number of oxazole rings is 1. The minimum absolute atomic E-state index is 0.133. The highest BCUT2D eigenvalue weighted by Gasteiger charge is 2.13. The lowest BCUT2D eigenvalue weighted by molar-refractivity contribution is -0.118. The molecule has 1 amide bonds. The van der Waals surface area contributed by atoms with Crippen LogP contribution in [0.4, 0.5) is 5.69 Å². The molecule has 0 aliphatic heterocycles. The molecule has 1 heterocycles. The minimum Gasteiger partial charge on any atom is -0.483 e. The molecule has 0 atom stereocenters. The van der Waals surface area contributed by atoms with Crippen LogP contribution in [0, 0.1) is 13.8 Å². The van der Waals surface area contributed by atoms with Gasteiger partial charge in [0.25, 0.3) is 5.91 Å². The van der Waals surface area contributed by atoms with Crippen LogP contribution in [0.3, 0.4) is 0 Å². The Labute approximate surface area is 183 Å². The number of carbonyl (C=O) groups excluding carboxylic acids is 1. The van der Waals surface area contributed by atoms with Gasteiger partial charge in [0.15, 0.2) is 12.2 Å². The lowest BCUT2D eigenvalue weighted by Gasteiger charge is -2.12. The molecule has 4 rings (SSSR count). The fourth-order valence-electron chi connectivity index (χ4n) is 2.99. The maximum atomic E-state index is 12.4. The molecule has 152 valence electrons. The lowest BCUT2D eigenvalue weighted by Crippen LogP contribution is -2.20. The summed E-state index contributed by atoms with van der Waals surface area (Å²) in [5.41, 5.74) is 4.50. The van der Waals surface area contributed by atoms with Crippen molar-refractivity contribution >= 4 is 45.9 Å². The van der Waals surface area contributed by atoms with Gasteiger partial charge in [-0.15, -0.1) is 0 Å². The molecule has 4 aromatic rings. The first kappa shape index (κ1) is 20.3. The second-order valence-electron chi connectivity index (χ2n) is 6.86. The smallest absolute Gasteiger partial charge is 0.262 e. The number of carbonyl (C=O) groups is 1. The zero-order valence-electron chi connectivity index (χ0n) is 16.3. The van der Waals surface area contributed by atoms with Crippen molar-refractivity contribution in [2.45, 2.75) is 13.8 Å². The van der Waals surface area contributed by atoms with Crippen LogP contribution < -0.4 is 10.1 Å². The SMILES string of the molecule is Cc1cccc(OCC(=O)Nc2cc(-c3nc4cc(Cl)ccc4o3)ccc2Cl)c1C. The van der Waals surface area contributed by atoms with E-state index in [0.717, 1.165) is 11.1 Å². The zero-order chi connectivity index (χ0) is 21.3. The highest BCUT2D eigenvalue weighted by molar-refractivity contribution is 6.33. The molecule has 7 heteroatoms. The Bertz CT molecular complexity index is 1250. The van der Waals surface area contributed by atoms with Gasteiger partial charge in [0.1, 0.15) is 11.3 Å². The van der Waals surface area contributed by atoms with Crippen molar-refractivity contribution in [2.75, 3.05) is 11.9 Å². The Kier molecular flexibility index (Phi) is 5.66. The van der Waals surface area contributed by atoms with E-state index in [0.29, 0.717) is 44.0 Å². The van der Waals surface area contributed by atoms with Crippen LogP contribution in [0.2, 0.25) is 10.0 Å². The summed E-state index contributed by atoms with van der Waals surface area (Å²) in [7, 11) is 0. The summed E-state index contributed by atoms with van der Waals surface area (Å²) >= 11 is 12.3. The van der Waals surface area contributed by atoms with Gasteiger partial charge in [0, 0.05) is 10.6 Å². The molecular weight excluding hydrogens is 423 g/mol. The Morgan fingerprint density at radius 1 is 1.10 bits per heavy atom. The maximum Gasteiger partial charge on any atom is 0.262 e. The van der Waals surface area contributed by atoms with Gasteiger partial charge in [-0.3, -0.25) is 4.79 Å². The third kappa shape index (κ3) is 4.27. The van der Waals surface area contributed by atoms with Crippen molar-refractivity contribution < 1.29 is 13.9 Å². The summed E-state index contributed by atoms with van der Waals surface area (Å²) < 4.78 is 11.4. The van der Waals surface area contributed by atoms with Gasteiger partial charge in [-0.2, -0.15) is 0 Å². The summed E-state index contributed by atoms with van der Waals surface area (Å²) in [4.78, 5) is 16.9. The first-order chi connectivity index (χ1) is 14.4. The maximum absolute atomic E-state index is 12.4. The van der Waals surface area contributed by atoms with E-state index in [1.165, 1.54) is 0 Å². The number of nitrogens with one attached hydrogen (secondary N) is 1. The predicted molar refractivity (Wildman–Crippen MR) is 120 cm³/mol. The van der Waals surface area contributed by atoms with E-state index in [2.05, 4.69) is 10.3 Å². The second-order valence-corrected chi connectivity index (χ2v) is 7.70. The van der Waals surface area contributed by atoms with Crippen molar-refractivity contribution in [1.29, 1.82) is 0 Å². The van der Waals surface area contributed by atoms with Crippen molar-refractivity contribution in [3.05, 3.63) is 75.8 Å². The number of aryl methyl sites for hydroxylation is 1. The molecule has 0 unspecified atom stereocenters. The van der Waals surface area contributed by atoms with Gasteiger partial charge in [-0.25, -0.2) is 4.98 Å². The Morgan fingerprint density at radius 2 is 1.93 bits per heavy atom. The third-order valence-corrected chi connectivity index (χ3v) is 5.32. The molecule has 0 bridgehead atoms. The highest BCUT2D eigenvalue weighted by atomic mass is 35.5. The average Bonchev–Trinajstić information content (AvgIpc) is 3.14. The summed E-state index contributed by atoms with van der Waals surface area (Å²) in [5.74, 6) is 0.764. The topological polar surface area (TPSA) is 64.4 Å². The Balaban J connectivity index is 1.51. The molecule has 3 aromatic carbocycles. The minimum atomic E-state index is -0.320. The number of anilines is 1. The molecule has 1 N–H and O–H groups in total. The largest absolute Gasteiger partial charge is 0.483 e. The molecule has 0 saturated heterocycles. The summed E-state index contributed by atoms with van der Waals surface area (Å²) in [6.45, 7) is 3.82. The van der Waals surface area contributed by atoms with Gasteiger partial charge < -0.3 is 14.5 Å². The van der Waals surface area contributed by atoms with E-state index < -0.39 is 0 Å². The number of fused-ring (bicyclic) bond motifs is 1. The van der Waals surface area contributed by atoms with Gasteiger partial charge in [0.2, 0.25) is 5.89 Å². The molecule has 0 spiro atoms. The Morgan fingerprint density at radius 3 is 2.77 bits per heavy atom. The average molecular weight is 441 g/mol. The summed E-state index contributed by atoms with van der Waals surface area (Å²) in [6, 6.07) is 16.1. The van der Waals surface area contributed by atoms with Crippen LogP contribution in [-0.2, 0) is 4.79 Å². The van der Waals surface area contributed by atoms with Crippen LogP contribution in [0.1, 0.15) is 11.1 Å². The van der Waals surface area contributed by atoms with Crippen LogP contribution >= 0.6 is 23.2 Å². The molecule has 0 saturated carbocycles. The van der Waals surface area contributed by atoms with E-state index >= 15 is 0 Å². The molecule has 5 nitrogen and oxygen atoms in total. The number of aromatic nitrogens is 1. The van der Waals surface area contributed by atoms with Crippen molar-refractivity contribution in [3.8, 4) is 17.2 Å². The number of benzene rings is 3. The zero-order valence-corrected chi connectivity index (χ0v) is 17.8. The van der Waals surface area contributed by atoms with Crippen LogP contribution in [0.25, 0.3) is 22.6 Å². The van der Waals surface area contributed by atoms with Crippen LogP contribution in [0.5, 0.6) is 5.75 Å². The fraction of sp³-hybridized carbons (Fsp3) is 0.130. The molecule has 1 aromatic heterocycles. The normalized spacial score (nSPS) is 10.9. The van der Waals surface area contributed by atoms with Crippen molar-refractivity contribution in [3.63, 3.8) is 0 Å². The van der Waals surface area contributed by atoms with E-state index in [4.69, 9.17) is 32.4 Å². The standard InChI is InChI=1S/C23H18Cl2N2O3/c1-13-4-3-5-20(14(13)2)29-12-22(28)26-18-10-15(6-8-17(18)25)23-27-19-11-16(24)7-9-21(19)30-23/h3-11H,12H2,1-2H3,(H,26,28). The highest BCUT2D eigenvalue weighted by Crippen LogP contribution is 2.31. The lowest BCUT2D eigenvalue weighted by atomic mass is 10.1. The predicted octanol–water partition coefficient (Wildman–Crippen LogP) is 6.44. The molecule has 0 radical (unpaired) electrons.